The number of nitrogens with zero attached hydrogens (tertiary/aromatic N) is 1. The Morgan fingerprint density at radius 3 is 2.79 bits per heavy atom. The number of benzene rings is 2. The first-order valence-corrected chi connectivity index (χ1v) is 9.72. The lowest BCUT2D eigenvalue weighted by atomic mass is 10.1. The highest BCUT2D eigenvalue weighted by molar-refractivity contribution is 6.30. The summed E-state index contributed by atoms with van der Waals surface area (Å²) in [5.74, 6) is 0.303. The molecular formula is C21H21ClN2O4. The van der Waals surface area contributed by atoms with Gasteiger partial charge in [-0.25, -0.2) is 0 Å². The van der Waals surface area contributed by atoms with Crippen LogP contribution in [0.5, 0.6) is 5.75 Å². The van der Waals surface area contributed by atoms with E-state index in [4.69, 9.17) is 21.1 Å². The van der Waals surface area contributed by atoms with E-state index in [9.17, 15) is 9.59 Å². The first-order valence-electron chi connectivity index (χ1n) is 9.34. The molecule has 0 saturated carbocycles. The monoisotopic (exact) mass is 400 g/mol. The Balaban J connectivity index is 1.39. The van der Waals surface area contributed by atoms with Crippen LogP contribution in [0.1, 0.15) is 18.4 Å². The number of ether oxygens (including phenoxy) is 2. The molecule has 0 unspecified atom stereocenters. The molecular weight excluding hydrogens is 380 g/mol. The second kappa shape index (κ2) is 8.20. The number of halogens is 1. The number of carbonyl (C=O) groups excluding carboxylic acids is 2. The molecule has 4 rings (SSSR count). The number of anilines is 2. The summed E-state index contributed by atoms with van der Waals surface area (Å²) in [7, 11) is 0. The lowest BCUT2D eigenvalue weighted by Crippen LogP contribution is -2.37. The van der Waals surface area contributed by atoms with Crippen molar-refractivity contribution >= 4 is 34.8 Å². The topological polar surface area (TPSA) is 67.9 Å². The standard InChI is InChI=1S/C21H21ClN2O4/c22-15-4-7-17(8-5-15)28-13-20(25)23-16-6-3-14-9-10-24(18(14)12-16)21(26)19-2-1-11-27-19/h3-8,12,19H,1-2,9-11,13H2,(H,23,25)/t19-/m0/s1. The highest BCUT2D eigenvalue weighted by Gasteiger charge is 2.32. The number of amides is 2. The fraction of sp³-hybridized carbons (Fsp3) is 0.333. The fourth-order valence-electron chi connectivity index (χ4n) is 3.51. The van der Waals surface area contributed by atoms with Crippen LogP contribution in [-0.4, -0.2) is 37.7 Å². The van der Waals surface area contributed by atoms with Gasteiger partial charge in [0.25, 0.3) is 11.8 Å². The van der Waals surface area contributed by atoms with Crippen LogP contribution < -0.4 is 15.0 Å². The summed E-state index contributed by atoms with van der Waals surface area (Å²) in [6, 6.07) is 12.5. The smallest absolute Gasteiger partial charge is 0.262 e. The van der Waals surface area contributed by atoms with Crippen molar-refractivity contribution in [3.63, 3.8) is 0 Å². The number of hydrogen-bond acceptors (Lipinski definition) is 4. The third-order valence-corrected chi connectivity index (χ3v) is 5.17. The van der Waals surface area contributed by atoms with Gasteiger partial charge in [0.15, 0.2) is 6.61 Å². The van der Waals surface area contributed by atoms with Gasteiger partial charge in [-0.3, -0.25) is 9.59 Å². The Morgan fingerprint density at radius 2 is 2.04 bits per heavy atom. The van der Waals surface area contributed by atoms with E-state index in [-0.39, 0.29) is 24.5 Å². The molecule has 2 aliphatic heterocycles. The van der Waals surface area contributed by atoms with E-state index in [0.29, 0.717) is 29.6 Å². The summed E-state index contributed by atoms with van der Waals surface area (Å²) in [6.45, 7) is 1.17. The van der Waals surface area contributed by atoms with E-state index in [1.807, 2.05) is 18.2 Å². The van der Waals surface area contributed by atoms with E-state index in [1.54, 1.807) is 29.2 Å². The lowest BCUT2D eigenvalue weighted by molar-refractivity contribution is -0.127. The minimum Gasteiger partial charge on any atom is -0.484 e. The molecule has 2 aromatic carbocycles. The molecule has 28 heavy (non-hydrogen) atoms. The minimum atomic E-state index is -0.350. The molecule has 0 bridgehead atoms. The van der Waals surface area contributed by atoms with Crippen LogP contribution in [-0.2, 0) is 20.7 Å². The van der Waals surface area contributed by atoms with Crippen molar-refractivity contribution in [1.82, 2.24) is 0 Å². The highest BCUT2D eigenvalue weighted by Crippen LogP contribution is 2.32. The zero-order valence-electron chi connectivity index (χ0n) is 15.3. The van der Waals surface area contributed by atoms with Gasteiger partial charge < -0.3 is 19.7 Å². The quantitative estimate of drug-likeness (QED) is 0.835. The molecule has 0 spiro atoms. The maximum atomic E-state index is 12.7. The van der Waals surface area contributed by atoms with Gasteiger partial charge in [0, 0.05) is 29.5 Å². The third-order valence-electron chi connectivity index (χ3n) is 4.92. The number of hydrogen-bond donors (Lipinski definition) is 1. The van der Waals surface area contributed by atoms with Crippen LogP contribution in [0, 0.1) is 0 Å². The first-order chi connectivity index (χ1) is 13.6. The lowest BCUT2D eigenvalue weighted by Gasteiger charge is -2.21. The van der Waals surface area contributed by atoms with Gasteiger partial charge in [-0.05, 0) is 61.2 Å². The Kier molecular flexibility index (Phi) is 5.50. The van der Waals surface area contributed by atoms with Crippen molar-refractivity contribution in [2.24, 2.45) is 0 Å². The molecule has 2 aliphatic rings. The molecule has 0 aromatic heterocycles. The largest absolute Gasteiger partial charge is 0.484 e. The van der Waals surface area contributed by atoms with Crippen LogP contribution in [0.4, 0.5) is 11.4 Å². The zero-order valence-corrected chi connectivity index (χ0v) is 16.1. The second-order valence-corrected chi connectivity index (χ2v) is 7.31. The summed E-state index contributed by atoms with van der Waals surface area (Å²) >= 11 is 5.83. The van der Waals surface area contributed by atoms with Gasteiger partial charge in [-0.2, -0.15) is 0 Å². The van der Waals surface area contributed by atoms with E-state index in [2.05, 4.69) is 5.32 Å². The van der Waals surface area contributed by atoms with Gasteiger partial charge in [-0.1, -0.05) is 17.7 Å². The summed E-state index contributed by atoms with van der Waals surface area (Å²) in [6.07, 6.45) is 2.14. The molecule has 0 radical (unpaired) electrons. The number of nitrogens with one attached hydrogen (secondary N) is 1. The summed E-state index contributed by atoms with van der Waals surface area (Å²) < 4.78 is 11.0. The van der Waals surface area contributed by atoms with Crippen LogP contribution >= 0.6 is 11.6 Å². The predicted octanol–water partition coefficient (Wildman–Crippen LogP) is 3.43. The molecule has 2 amide bonds. The van der Waals surface area contributed by atoms with Gasteiger partial charge in [0.05, 0.1) is 0 Å². The molecule has 146 valence electrons. The molecule has 7 heteroatoms. The van der Waals surface area contributed by atoms with Gasteiger partial charge >= 0.3 is 0 Å². The van der Waals surface area contributed by atoms with Gasteiger partial charge in [0.1, 0.15) is 11.9 Å². The molecule has 2 aromatic rings. The van der Waals surface area contributed by atoms with Gasteiger partial charge in [0.2, 0.25) is 0 Å². The molecule has 1 atom stereocenters. The average Bonchev–Trinajstić information content (AvgIpc) is 3.37. The summed E-state index contributed by atoms with van der Waals surface area (Å²) in [5.41, 5.74) is 2.58. The Morgan fingerprint density at radius 1 is 1.21 bits per heavy atom. The van der Waals surface area contributed by atoms with Crippen molar-refractivity contribution in [2.75, 3.05) is 30.0 Å². The highest BCUT2D eigenvalue weighted by atomic mass is 35.5. The maximum Gasteiger partial charge on any atom is 0.262 e. The first kappa shape index (κ1) is 18.8. The molecule has 6 nitrogen and oxygen atoms in total. The van der Waals surface area contributed by atoms with Crippen LogP contribution in [0.25, 0.3) is 0 Å². The van der Waals surface area contributed by atoms with Crippen LogP contribution in [0.2, 0.25) is 5.02 Å². The Hall–Kier alpha value is -2.57. The molecule has 1 saturated heterocycles. The summed E-state index contributed by atoms with van der Waals surface area (Å²) in [5, 5.41) is 3.43. The van der Waals surface area contributed by atoms with Crippen molar-refractivity contribution in [2.45, 2.75) is 25.4 Å². The Labute approximate surface area is 168 Å². The molecule has 0 aliphatic carbocycles. The van der Waals surface area contributed by atoms with Gasteiger partial charge in [-0.15, -0.1) is 0 Å². The summed E-state index contributed by atoms with van der Waals surface area (Å²) in [4.78, 5) is 26.7. The van der Waals surface area contributed by atoms with E-state index in [0.717, 1.165) is 30.5 Å². The van der Waals surface area contributed by atoms with E-state index in [1.165, 1.54) is 0 Å². The van der Waals surface area contributed by atoms with Crippen molar-refractivity contribution < 1.29 is 19.1 Å². The number of rotatable bonds is 5. The van der Waals surface area contributed by atoms with Crippen molar-refractivity contribution in [1.29, 1.82) is 0 Å². The maximum absolute atomic E-state index is 12.7. The third kappa shape index (κ3) is 4.13. The minimum absolute atomic E-state index is 0.00537. The Bertz CT molecular complexity index is 878. The molecule has 2 heterocycles. The van der Waals surface area contributed by atoms with Crippen molar-refractivity contribution in [3.05, 3.63) is 53.1 Å². The van der Waals surface area contributed by atoms with Crippen LogP contribution in [0.3, 0.4) is 0 Å². The predicted molar refractivity (Wildman–Crippen MR) is 107 cm³/mol. The number of fused-ring (bicyclic) bond motifs is 1. The van der Waals surface area contributed by atoms with E-state index >= 15 is 0 Å². The van der Waals surface area contributed by atoms with E-state index < -0.39 is 0 Å². The van der Waals surface area contributed by atoms with Crippen LogP contribution in [0.15, 0.2) is 42.5 Å². The number of carbonyl (C=O) groups is 2. The second-order valence-electron chi connectivity index (χ2n) is 6.88. The van der Waals surface area contributed by atoms with Crippen molar-refractivity contribution in [3.8, 4) is 5.75 Å². The molecule has 1 N–H and O–H groups in total. The zero-order chi connectivity index (χ0) is 19.5. The normalized spacial score (nSPS) is 18.0. The molecule has 1 fully saturated rings. The SMILES string of the molecule is O=C(COc1ccc(Cl)cc1)Nc1ccc2c(c1)N(C(=O)[C@@H]1CCCO1)CC2. The average molecular weight is 401 g/mol. The fourth-order valence-corrected chi connectivity index (χ4v) is 3.63.